The topological polar surface area (TPSA) is 24.5 Å². The van der Waals surface area contributed by atoms with Crippen molar-refractivity contribution >= 4 is 0 Å². The predicted molar refractivity (Wildman–Crippen MR) is 86.6 cm³/mol. The number of fused-ring (bicyclic) bond motifs is 1. The van der Waals surface area contributed by atoms with E-state index in [2.05, 4.69) is 55.4 Å². The highest BCUT2D eigenvalue weighted by Gasteiger charge is 2.40. The van der Waals surface area contributed by atoms with Gasteiger partial charge in [0.25, 0.3) is 0 Å². The van der Waals surface area contributed by atoms with Gasteiger partial charge < -0.3 is 10.1 Å². The van der Waals surface area contributed by atoms with Crippen LogP contribution in [0.2, 0.25) is 0 Å². The summed E-state index contributed by atoms with van der Waals surface area (Å²) < 4.78 is 5.71. The van der Waals surface area contributed by atoms with Crippen LogP contribution in [0.25, 0.3) is 0 Å². The molecule has 0 amide bonds. The van der Waals surface area contributed by atoms with E-state index in [9.17, 15) is 0 Å². The van der Waals surface area contributed by atoms with E-state index < -0.39 is 0 Å². The van der Waals surface area contributed by atoms with Crippen LogP contribution in [0, 0.1) is 0 Å². The van der Waals surface area contributed by atoms with E-state index >= 15 is 0 Å². The van der Waals surface area contributed by atoms with Crippen molar-refractivity contribution in [3.63, 3.8) is 0 Å². The molecule has 3 nitrogen and oxygen atoms in total. The minimum atomic E-state index is 0.122. The third-order valence-corrected chi connectivity index (χ3v) is 5.14. The summed E-state index contributed by atoms with van der Waals surface area (Å²) in [5, 5.41) is 3.60. The normalized spacial score (nSPS) is 29.7. The van der Waals surface area contributed by atoms with Crippen molar-refractivity contribution in [3.8, 4) is 0 Å². The zero-order valence-electron chi connectivity index (χ0n) is 13.6. The van der Waals surface area contributed by atoms with Crippen LogP contribution in [0.3, 0.4) is 0 Å². The molecular weight excluding hydrogens is 260 g/mol. The molecule has 3 heteroatoms. The Bertz CT molecular complexity index is 486. The summed E-state index contributed by atoms with van der Waals surface area (Å²) in [6, 6.07) is 9.92. The number of benzene rings is 1. The van der Waals surface area contributed by atoms with Crippen LogP contribution in [0.15, 0.2) is 24.3 Å². The van der Waals surface area contributed by atoms with Crippen LogP contribution >= 0.6 is 0 Å². The van der Waals surface area contributed by atoms with Crippen molar-refractivity contribution in [2.75, 3.05) is 26.8 Å². The van der Waals surface area contributed by atoms with Gasteiger partial charge in [-0.05, 0) is 51.3 Å². The van der Waals surface area contributed by atoms with Gasteiger partial charge in [0.15, 0.2) is 0 Å². The van der Waals surface area contributed by atoms with Crippen molar-refractivity contribution in [1.82, 2.24) is 10.2 Å². The molecule has 2 aliphatic rings. The second-order valence-corrected chi connectivity index (χ2v) is 6.98. The Kier molecular flexibility index (Phi) is 4.34. The Morgan fingerprint density at radius 2 is 2.10 bits per heavy atom. The quantitative estimate of drug-likeness (QED) is 0.847. The van der Waals surface area contributed by atoms with Gasteiger partial charge in [-0.2, -0.15) is 0 Å². The van der Waals surface area contributed by atoms with Crippen LogP contribution in [0.1, 0.15) is 43.9 Å². The number of aryl methyl sites for hydroxylation is 1. The number of nitrogens with one attached hydrogen (secondary N) is 1. The molecule has 2 atom stereocenters. The first kappa shape index (κ1) is 15.0. The summed E-state index contributed by atoms with van der Waals surface area (Å²) in [6.07, 6.45) is 3.73. The Balaban J connectivity index is 1.94. The van der Waals surface area contributed by atoms with Crippen LogP contribution in [-0.4, -0.2) is 43.3 Å². The molecule has 1 N–H and O–H groups in total. The van der Waals surface area contributed by atoms with Gasteiger partial charge in [-0.15, -0.1) is 0 Å². The summed E-state index contributed by atoms with van der Waals surface area (Å²) in [5.41, 5.74) is 3.13. The lowest BCUT2D eigenvalue weighted by molar-refractivity contribution is -0.0798. The number of hydrogen-bond donors (Lipinski definition) is 1. The highest BCUT2D eigenvalue weighted by atomic mass is 16.5. The summed E-state index contributed by atoms with van der Waals surface area (Å²) in [4.78, 5) is 2.68. The van der Waals surface area contributed by atoms with E-state index in [0.717, 1.165) is 19.8 Å². The maximum absolute atomic E-state index is 5.71. The molecule has 0 saturated carbocycles. The fourth-order valence-corrected chi connectivity index (χ4v) is 4.11. The molecule has 1 heterocycles. The molecular formula is C18H28N2O. The number of rotatable bonds is 2. The van der Waals surface area contributed by atoms with Crippen molar-refractivity contribution in [2.24, 2.45) is 0 Å². The summed E-state index contributed by atoms with van der Waals surface area (Å²) in [5.74, 6) is 0. The Labute approximate surface area is 128 Å². The maximum Gasteiger partial charge on any atom is 0.0645 e. The monoisotopic (exact) mass is 288 g/mol. The second kappa shape index (κ2) is 6.07. The number of morpholine rings is 1. The van der Waals surface area contributed by atoms with Crippen molar-refractivity contribution < 1.29 is 4.74 Å². The molecule has 2 unspecified atom stereocenters. The first-order chi connectivity index (χ1) is 10.1. The van der Waals surface area contributed by atoms with Gasteiger partial charge in [0.2, 0.25) is 0 Å². The number of hydrogen-bond acceptors (Lipinski definition) is 3. The summed E-state index contributed by atoms with van der Waals surface area (Å²) >= 11 is 0. The lowest BCUT2D eigenvalue weighted by atomic mass is 9.90. The molecule has 0 bridgehead atoms. The summed E-state index contributed by atoms with van der Waals surface area (Å²) in [7, 11) is 2.10. The van der Waals surface area contributed by atoms with Crippen LogP contribution in [-0.2, 0) is 11.2 Å². The highest BCUT2D eigenvalue weighted by molar-refractivity contribution is 5.32. The number of ether oxygens (including phenoxy) is 1. The average molecular weight is 288 g/mol. The van der Waals surface area contributed by atoms with Gasteiger partial charge in [0, 0.05) is 24.2 Å². The van der Waals surface area contributed by atoms with Crippen LogP contribution in [0.5, 0.6) is 0 Å². The van der Waals surface area contributed by atoms with Gasteiger partial charge in [0.1, 0.15) is 0 Å². The first-order valence-electron chi connectivity index (χ1n) is 8.23. The molecule has 1 fully saturated rings. The highest BCUT2D eigenvalue weighted by Crippen LogP contribution is 2.35. The largest absolute Gasteiger partial charge is 0.378 e. The third-order valence-electron chi connectivity index (χ3n) is 5.14. The van der Waals surface area contributed by atoms with Crippen molar-refractivity contribution in [3.05, 3.63) is 35.4 Å². The molecule has 0 radical (unpaired) electrons. The second-order valence-electron chi connectivity index (χ2n) is 6.98. The molecule has 116 valence electrons. The van der Waals surface area contributed by atoms with Gasteiger partial charge in [0.05, 0.1) is 13.2 Å². The minimum Gasteiger partial charge on any atom is -0.378 e. The Morgan fingerprint density at radius 3 is 2.86 bits per heavy atom. The van der Waals surface area contributed by atoms with E-state index in [0.29, 0.717) is 12.1 Å². The standard InChI is InChI=1S/C18H28N2O/c1-18(2)13-21-12-11-20(18)16-10-6-8-14-7-4-5-9-15(14)17(16)19-3/h4-5,7,9,16-17,19H,6,8,10-13H2,1-3H3. The Morgan fingerprint density at radius 1 is 1.29 bits per heavy atom. The fraction of sp³-hybridized carbons (Fsp3) is 0.667. The molecule has 1 aromatic carbocycles. The van der Waals surface area contributed by atoms with E-state index in [-0.39, 0.29) is 5.54 Å². The average Bonchev–Trinajstić information content (AvgIpc) is 2.65. The van der Waals surface area contributed by atoms with E-state index in [1.807, 2.05) is 0 Å². The maximum atomic E-state index is 5.71. The Hall–Kier alpha value is -0.900. The van der Waals surface area contributed by atoms with Crippen molar-refractivity contribution in [2.45, 2.75) is 50.7 Å². The van der Waals surface area contributed by atoms with Gasteiger partial charge in [-0.3, -0.25) is 4.90 Å². The SMILES string of the molecule is CNC1c2ccccc2CCCC1N1CCOCC1(C)C. The summed E-state index contributed by atoms with van der Waals surface area (Å²) in [6.45, 7) is 7.36. The van der Waals surface area contributed by atoms with Gasteiger partial charge in [-0.1, -0.05) is 24.3 Å². The van der Waals surface area contributed by atoms with Crippen molar-refractivity contribution in [1.29, 1.82) is 0 Å². The molecule has 1 aromatic rings. The zero-order chi connectivity index (χ0) is 14.9. The predicted octanol–water partition coefficient (Wildman–Crippen LogP) is 2.76. The minimum absolute atomic E-state index is 0.122. The third kappa shape index (κ3) is 2.87. The smallest absolute Gasteiger partial charge is 0.0645 e. The molecule has 1 aliphatic heterocycles. The molecule has 1 aliphatic carbocycles. The van der Waals surface area contributed by atoms with E-state index in [1.54, 1.807) is 0 Å². The zero-order valence-corrected chi connectivity index (χ0v) is 13.6. The molecule has 3 rings (SSSR count). The van der Waals surface area contributed by atoms with Crippen LogP contribution < -0.4 is 5.32 Å². The molecule has 0 aromatic heterocycles. The lowest BCUT2D eigenvalue weighted by Crippen LogP contribution is -2.59. The molecule has 0 spiro atoms. The molecule has 1 saturated heterocycles. The number of likely N-dealkylation sites (N-methyl/N-ethyl adjacent to an activating group) is 1. The van der Waals surface area contributed by atoms with Gasteiger partial charge in [-0.25, -0.2) is 0 Å². The number of nitrogens with zero attached hydrogens (tertiary/aromatic N) is 1. The van der Waals surface area contributed by atoms with E-state index in [4.69, 9.17) is 4.74 Å². The fourth-order valence-electron chi connectivity index (χ4n) is 4.11. The molecule has 21 heavy (non-hydrogen) atoms. The van der Waals surface area contributed by atoms with Gasteiger partial charge >= 0.3 is 0 Å². The lowest BCUT2D eigenvalue weighted by Gasteiger charge is -2.48. The first-order valence-corrected chi connectivity index (χ1v) is 8.23. The van der Waals surface area contributed by atoms with Crippen LogP contribution in [0.4, 0.5) is 0 Å². The van der Waals surface area contributed by atoms with E-state index in [1.165, 1.54) is 30.4 Å².